The standard InChI is InChI=1S/C16H22N4/c1-13-4-2-5-14(10-13)16-15(11-18-19-16)12-20-8-3-6-17-7-9-20/h2,4-5,10-11,17H,3,6-9,12H2,1H3,(H,18,19). The van der Waals surface area contributed by atoms with Gasteiger partial charge in [-0.1, -0.05) is 23.8 Å². The summed E-state index contributed by atoms with van der Waals surface area (Å²) in [6.07, 6.45) is 3.19. The molecule has 4 heteroatoms. The molecule has 0 radical (unpaired) electrons. The van der Waals surface area contributed by atoms with E-state index in [2.05, 4.69) is 51.6 Å². The summed E-state index contributed by atoms with van der Waals surface area (Å²) < 4.78 is 0. The van der Waals surface area contributed by atoms with E-state index in [1.807, 2.05) is 6.20 Å². The van der Waals surface area contributed by atoms with Gasteiger partial charge in [-0.25, -0.2) is 0 Å². The highest BCUT2D eigenvalue weighted by atomic mass is 15.2. The molecule has 1 aromatic heterocycles. The van der Waals surface area contributed by atoms with Crippen molar-refractivity contribution in [2.45, 2.75) is 19.9 Å². The average Bonchev–Trinajstić information content (AvgIpc) is 2.74. The van der Waals surface area contributed by atoms with Crippen LogP contribution in [-0.2, 0) is 6.54 Å². The summed E-state index contributed by atoms with van der Waals surface area (Å²) >= 11 is 0. The van der Waals surface area contributed by atoms with Gasteiger partial charge in [0.05, 0.1) is 11.9 Å². The van der Waals surface area contributed by atoms with E-state index >= 15 is 0 Å². The number of H-pyrrole nitrogens is 1. The number of nitrogens with one attached hydrogen (secondary N) is 2. The largest absolute Gasteiger partial charge is 0.315 e. The highest BCUT2D eigenvalue weighted by Gasteiger charge is 2.13. The summed E-state index contributed by atoms with van der Waals surface area (Å²) in [5.41, 5.74) is 4.95. The van der Waals surface area contributed by atoms with E-state index in [-0.39, 0.29) is 0 Å². The van der Waals surface area contributed by atoms with Crippen LogP contribution in [0, 0.1) is 6.92 Å². The third-order valence-electron chi connectivity index (χ3n) is 3.85. The molecule has 2 N–H and O–H groups in total. The minimum absolute atomic E-state index is 0.974. The number of aromatic amines is 1. The van der Waals surface area contributed by atoms with Crippen LogP contribution in [0.4, 0.5) is 0 Å². The molecule has 0 amide bonds. The Morgan fingerprint density at radius 2 is 2.20 bits per heavy atom. The van der Waals surface area contributed by atoms with Crippen LogP contribution in [0.15, 0.2) is 30.5 Å². The number of aromatic nitrogens is 2. The van der Waals surface area contributed by atoms with E-state index in [1.54, 1.807) is 0 Å². The van der Waals surface area contributed by atoms with Crippen molar-refractivity contribution >= 4 is 0 Å². The summed E-state index contributed by atoms with van der Waals surface area (Å²) in [4.78, 5) is 2.50. The Balaban J connectivity index is 1.79. The molecule has 0 bridgehead atoms. The Hall–Kier alpha value is -1.65. The van der Waals surface area contributed by atoms with Gasteiger partial charge in [0.25, 0.3) is 0 Å². The minimum atomic E-state index is 0.974. The molecule has 0 spiro atoms. The number of hydrogen-bond donors (Lipinski definition) is 2. The molecule has 0 unspecified atom stereocenters. The predicted octanol–water partition coefficient (Wildman–Crippen LogP) is 2.18. The van der Waals surface area contributed by atoms with Crippen molar-refractivity contribution in [3.63, 3.8) is 0 Å². The van der Waals surface area contributed by atoms with Gasteiger partial charge in [-0.05, 0) is 32.5 Å². The summed E-state index contributed by atoms with van der Waals surface area (Å²) in [5, 5.41) is 10.9. The average molecular weight is 270 g/mol. The van der Waals surface area contributed by atoms with Crippen molar-refractivity contribution in [1.29, 1.82) is 0 Å². The van der Waals surface area contributed by atoms with Crippen molar-refractivity contribution in [3.8, 4) is 11.3 Å². The van der Waals surface area contributed by atoms with Crippen molar-refractivity contribution in [1.82, 2.24) is 20.4 Å². The van der Waals surface area contributed by atoms with Crippen LogP contribution in [0.1, 0.15) is 17.5 Å². The predicted molar refractivity (Wildman–Crippen MR) is 81.5 cm³/mol. The molecule has 3 rings (SSSR count). The van der Waals surface area contributed by atoms with E-state index in [9.17, 15) is 0 Å². The molecule has 1 fully saturated rings. The molecule has 2 aromatic rings. The Bertz CT molecular complexity index is 553. The molecule has 4 nitrogen and oxygen atoms in total. The lowest BCUT2D eigenvalue weighted by Crippen LogP contribution is -2.27. The molecule has 1 aromatic carbocycles. The second-order valence-electron chi connectivity index (χ2n) is 5.52. The van der Waals surface area contributed by atoms with Crippen LogP contribution < -0.4 is 5.32 Å². The number of nitrogens with zero attached hydrogens (tertiary/aromatic N) is 2. The highest BCUT2D eigenvalue weighted by Crippen LogP contribution is 2.23. The van der Waals surface area contributed by atoms with Crippen LogP contribution in [0.2, 0.25) is 0 Å². The van der Waals surface area contributed by atoms with E-state index in [1.165, 1.54) is 23.1 Å². The monoisotopic (exact) mass is 270 g/mol. The maximum absolute atomic E-state index is 4.25. The third-order valence-corrected chi connectivity index (χ3v) is 3.85. The zero-order valence-electron chi connectivity index (χ0n) is 12.0. The van der Waals surface area contributed by atoms with Gasteiger partial charge in [-0.15, -0.1) is 0 Å². The molecule has 0 atom stereocenters. The number of rotatable bonds is 3. The van der Waals surface area contributed by atoms with Gasteiger partial charge in [0.2, 0.25) is 0 Å². The van der Waals surface area contributed by atoms with Gasteiger partial charge in [-0.2, -0.15) is 5.10 Å². The summed E-state index contributed by atoms with van der Waals surface area (Å²) in [7, 11) is 0. The van der Waals surface area contributed by atoms with Gasteiger partial charge in [0.1, 0.15) is 0 Å². The third kappa shape index (κ3) is 3.08. The van der Waals surface area contributed by atoms with Crippen molar-refractivity contribution in [3.05, 3.63) is 41.6 Å². The molecule has 1 aliphatic heterocycles. The van der Waals surface area contributed by atoms with Crippen molar-refractivity contribution in [2.24, 2.45) is 0 Å². The first-order valence-electron chi connectivity index (χ1n) is 7.35. The van der Waals surface area contributed by atoms with E-state index in [0.717, 1.165) is 38.4 Å². The van der Waals surface area contributed by atoms with E-state index < -0.39 is 0 Å². The lowest BCUT2D eigenvalue weighted by molar-refractivity contribution is 0.285. The second kappa shape index (κ2) is 6.20. The normalized spacial score (nSPS) is 17.1. The molecule has 106 valence electrons. The maximum Gasteiger partial charge on any atom is 0.0695 e. The fraction of sp³-hybridized carbons (Fsp3) is 0.438. The minimum Gasteiger partial charge on any atom is -0.315 e. The van der Waals surface area contributed by atoms with Crippen LogP contribution in [0.5, 0.6) is 0 Å². The number of aryl methyl sites for hydroxylation is 1. The van der Waals surface area contributed by atoms with Gasteiger partial charge < -0.3 is 5.32 Å². The lowest BCUT2D eigenvalue weighted by Gasteiger charge is -2.19. The summed E-state index contributed by atoms with van der Waals surface area (Å²) in [6, 6.07) is 8.58. The molecule has 20 heavy (non-hydrogen) atoms. The Morgan fingerprint density at radius 3 is 3.10 bits per heavy atom. The SMILES string of the molecule is Cc1cccc(-c2[nH]ncc2CN2CCCNCC2)c1. The topological polar surface area (TPSA) is 44.0 Å². The molecular formula is C16H22N4. The highest BCUT2D eigenvalue weighted by molar-refractivity contribution is 5.63. The quantitative estimate of drug-likeness (QED) is 0.898. The second-order valence-corrected chi connectivity index (χ2v) is 5.52. The first-order valence-corrected chi connectivity index (χ1v) is 7.35. The lowest BCUT2D eigenvalue weighted by atomic mass is 10.1. The first-order chi connectivity index (χ1) is 9.83. The smallest absolute Gasteiger partial charge is 0.0695 e. The zero-order valence-corrected chi connectivity index (χ0v) is 12.0. The molecule has 2 heterocycles. The van der Waals surface area contributed by atoms with Crippen LogP contribution in [0.25, 0.3) is 11.3 Å². The maximum atomic E-state index is 4.25. The molecule has 0 saturated carbocycles. The molecule has 1 aliphatic rings. The Morgan fingerprint density at radius 1 is 1.25 bits per heavy atom. The van der Waals surface area contributed by atoms with Crippen LogP contribution >= 0.6 is 0 Å². The Labute approximate surface area is 120 Å². The van der Waals surface area contributed by atoms with E-state index in [4.69, 9.17) is 0 Å². The summed E-state index contributed by atoms with van der Waals surface area (Å²) in [6.45, 7) is 7.58. The van der Waals surface area contributed by atoms with Gasteiger partial charge >= 0.3 is 0 Å². The fourth-order valence-corrected chi connectivity index (χ4v) is 2.78. The fourth-order valence-electron chi connectivity index (χ4n) is 2.78. The molecule has 1 saturated heterocycles. The van der Waals surface area contributed by atoms with Gasteiger partial charge in [0, 0.05) is 30.8 Å². The van der Waals surface area contributed by atoms with Gasteiger partial charge in [-0.3, -0.25) is 10.00 Å². The first kappa shape index (κ1) is 13.3. The number of benzene rings is 1. The molecule has 0 aliphatic carbocycles. The van der Waals surface area contributed by atoms with E-state index in [0.29, 0.717) is 0 Å². The van der Waals surface area contributed by atoms with Crippen LogP contribution in [0.3, 0.4) is 0 Å². The number of hydrogen-bond acceptors (Lipinski definition) is 3. The molecular weight excluding hydrogens is 248 g/mol. The van der Waals surface area contributed by atoms with Crippen molar-refractivity contribution < 1.29 is 0 Å². The van der Waals surface area contributed by atoms with Gasteiger partial charge in [0.15, 0.2) is 0 Å². The Kier molecular flexibility index (Phi) is 4.14. The zero-order chi connectivity index (χ0) is 13.8. The van der Waals surface area contributed by atoms with Crippen molar-refractivity contribution in [2.75, 3.05) is 26.2 Å². The summed E-state index contributed by atoms with van der Waals surface area (Å²) in [5.74, 6) is 0. The van der Waals surface area contributed by atoms with Crippen LogP contribution in [-0.4, -0.2) is 41.3 Å².